The van der Waals surface area contributed by atoms with Crippen molar-refractivity contribution in [1.29, 1.82) is 5.26 Å². The molecule has 0 unspecified atom stereocenters. The highest BCUT2D eigenvalue weighted by Gasteiger charge is 2.09. The first-order valence-electron chi connectivity index (χ1n) is 6.14. The second-order valence-corrected chi connectivity index (χ2v) is 3.91. The molecule has 5 nitrogen and oxygen atoms in total. The monoisotopic (exact) mass is 267 g/mol. The lowest BCUT2D eigenvalue weighted by atomic mass is 10.2. The third kappa shape index (κ3) is 2.93. The van der Waals surface area contributed by atoms with Gasteiger partial charge in [-0.1, -0.05) is 6.07 Å². The van der Waals surface area contributed by atoms with Gasteiger partial charge >= 0.3 is 5.97 Å². The number of nitriles is 1. The van der Waals surface area contributed by atoms with Crippen molar-refractivity contribution < 1.29 is 9.53 Å². The van der Waals surface area contributed by atoms with Gasteiger partial charge in [0.15, 0.2) is 5.57 Å². The number of esters is 1. The summed E-state index contributed by atoms with van der Waals surface area (Å²) in [5.74, 6) is -0.638. The fourth-order valence-electron chi connectivity index (χ4n) is 1.72. The Labute approximate surface area is 116 Å². The fraction of sp³-hybridized carbons (Fsp3) is 0.133. The van der Waals surface area contributed by atoms with Crippen LogP contribution in [0.1, 0.15) is 6.92 Å². The van der Waals surface area contributed by atoms with Crippen molar-refractivity contribution in [2.24, 2.45) is 0 Å². The number of hydrogen-bond acceptors (Lipinski definition) is 5. The molecule has 2 rings (SSSR count). The van der Waals surface area contributed by atoms with Crippen LogP contribution in [0.3, 0.4) is 0 Å². The normalized spacial score (nSPS) is 10.9. The number of pyridine rings is 1. The van der Waals surface area contributed by atoms with E-state index < -0.39 is 5.97 Å². The van der Waals surface area contributed by atoms with Crippen LogP contribution in [0.4, 0.5) is 5.69 Å². The minimum Gasteiger partial charge on any atom is -0.462 e. The van der Waals surface area contributed by atoms with Crippen molar-refractivity contribution in [1.82, 2.24) is 4.98 Å². The number of fused-ring (bicyclic) bond motifs is 1. The summed E-state index contributed by atoms with van der Waals surface area (Å²) in [7, 11) is 0. The Kier molecular flexibility index (Phi) is 4.30. The number of anilines is 1. The molecule has 1 N–H and O–H groups in total. The van der Waals surface area contributed by atoms with E-state index in [2.05, 4.69) is 10.3 Å². The third-order valence-corrected chi connectivity index (χ3v) is 2.63. The van der Waals surface area contributed by atoms with E-state index in [-0.39, 0.29) is 12.2 Å². The summed E-state index contributed by atoms with van der Waals surface area (Å²) in [4.78, 5) is 15.7. The molecule has 0 atom stereocenters. The van der Waals surface area contributed by atoms with Crippen LogP contribution in [-0.2, 0) is 9.53 Å². The standard InChI is InChI=1S/C15H13N3O2/c1-2-20-15(19)11(9-16)10-18-14-7-3-6-13-12(14)5-4-8-17-13/h3-8,10,18H,2H2,1H3/b11-10+. The van der Waals surface area contributed by atoms with E-state index in [9.17, 15) is 4.79 Å². The molecule has 0 spiro atoms. The highest BCUT2D eigenvalue weighted by atomic mass is 16.5. The van der Waals surface area contributed by atoms with Gasteiger partial charge in [-0.25, -0.2) is 4.79 Å². The van der Waals surface area contributed by atoms with Gasteiger partial charge in [0.25, 0.3) is 0 Å². The molecule has 1 heterocycles. The van der Waals surface area contributed by atoms with Crippen LogP contribution >= 0.6 is 0 Å². The molecule has 0 aliphatic heterocycles. The third-order valence-electron chi connectivity index (χ3n) is 2.63. The number of carbonyl (C=O) groups excluding carboxylic acids is 1. The largest absolute Gasteiger partial charge is 0.462 e. The van der Waals surface area contributed by atoms with E-state index in [1.54, 1.807) is 13.1 Å². The summed E-state index contributed by atoms with van der Waals surface area (Å²) in [5, 5.41) is 12.8. The van der Waals surface area contributed by atoms with Gasteiger partial charge in [-0.15, -0.1) is 0 Å². The molecule has 1 aromatic carbocycles. The van der Waals surface area contributed by atoms with Gasteiger partial charge in [-0.05, 0) is 31.2 Å². The van der Waals surface area contributed by atoms with Gasteiger partial charge in [0.05, 0.1) is 12.1 Å². The Morgan fingerprint density at radius 3 is 3.05 bits per heavy atom. The van der Waals surface area contributed by atoms with Gasteiger partial charge in [0.1, 0.15) is 6.07 Å². The molecule has 0 bridgehead atoms. The van der Waals surface area contributed by atoms with E-state index in [1.807, 2.05) is 36.4 Å². The summed E-state index contributed by atoms with van der Waals surface area (Å²) in [6, 6.07) is 11.1. The Bertz CT molecular complexity index is 696. The molecule has 2 aromatic rings. The molecule has 20 heavy (non-hydrogen) atoms. The molecule has 0 aliphatic rings. The summed E-state index contributed by atoms with van der Waals surface area (Å²) >= 11 is 0. The molecular formula is C15H13N3O2. The zero-order chi connectivity index (χ0) is 14.4. The molecule has 0 radical (unpaired) electrons. The first-order chi connectivity index (χ1) is 9.76. The van der Waals surface area contributed by atoms with Crippen LogP contribution in [-0.4, -0.2) is 17.6 Å². The lowest BCUT2D eigenvalue weighted by Crippen LogP contribution is -2.08. The first kappa shape index (κ1) is 13.6. The van der Waals surface area contributed by atoms with E-state index in [0.29, 0.717) is 0 Å². The molecule has 0 amide bonds. The number of benzene rings is 1. The van der Waals surface area contributed by atoms with E-state index >= 15 is 0 Å². The number of ether oxygens (including phenoxy) is 1. The van der Waals surface area contributed by atoms with Gasteiger partial charge < -0.3 is 10.1 Å². The Balaban J connectivity index is 2.28. The van der Waals surface area contributed by atoms with Crippen LogP contribution in [0.2, 0.25) is 0 Å². The van der Waals surface area contributed by atoms with Crippen molar-refractivity contribution in [3.63, 3.8) is 0 Å². The maximum absolute atomic E-state index is 11.5. The second kappa shape index (κ2) is 6.34. The molecule has 0 saturated carbocycles. The van der Waals surface area contributed by atoms with Crippen molar-refractivity contribution in [2.45, 2.75) is 6.92 Å². The van der Waals surface area contributed by atoms with Gasteiger partial charge in [0.2, 0.25) is 0 Å². The number of carbonyl (C=O) groups is 1. The summed E-state index contributed by atoms with van der Waals surface area (Å²) < 4.78 is 4.79. The summed E-state index contributed by atoms with van der Waals surface area (Å²) in [5.41, 5.74) is 1.53. The quantitative estimate of drug-likeness (QED) is 0.523. The van der Waals surface area contributed by atoms with Gasteiger partial charge in [-0.3, -0.25) is 4.98 Å². The second-order valence-electron chi connectivity index (χ2n) is 3.91. The van der Waals surface area contributed by atoms with Gasteiger partial charge in [-0.2, -0.15) is 5.26 Å². The Morgan fingerprint density at radius 1 is 1.45 bits per heavy atom. The average molecular weight is 267 g/mol. The van der Waals surface area contributed by atoms with Crippen LogP contribution in [0.25, 0.3) is 10.9 Å². The SMILES string of the molecule is CCOC(=O)/C(C#N)=C/Nc1cccc2ncccc12. The maximum Gasteiger partial charge on any atom is 0.350 e. The zero-order valence-corrected chi connectivity index (χ0v) is 11.0. The van der Waals surface area contributed by atoms with Crippen LogP contribution in [0, 0.1) is 11.3 Å². The molecule has 0 saturated heterocycles. The minimum atomic E-state index is -0.638. The zero-order valence-electron chi connectivity index (χ0n) is 11.0. The van der Waals surface area contributed by atoms with E-state index in [0.717, 1.165) is 16.6 Å². The molecule has 100 valence electrons. The van der Waals surface area contributed by atoms with Crippen LogP contribution in [0.5, 0.6) is 0 Å². The molecule has 0 aliphatic carbocycles. The summed E-state index contributed by atoms with van der Waals surface area (Å²) in [6.45, 7) is 1.92. The minimum absolute atomic E-state index is 0.0762. The molecule has 1 aromatic heterocycles. The average Bonchev–Trinajstić information content (AvgIpc) is 2.48. The number of rotatable bonds is 4. The smallest absolute Gasteiger partial charge is 0.350 e. The fourth-order valence-corrected chi connectivity index (χ4v) is 1.72. The molecule has 0 fully saturated rings. The maximum atomic E-state index is 11.5. The van der Waals surface area contributed by atoms with Crippen LogP contribution < -0.4 is 5.32 Å². The lowest BCUT2D eigenvalue weighted by molar-refractivity contribution is -0.138. The predicted octanol–water partition coefficient (Wildman–Crippen LogP) is 2.62. The number of aromatic nitrogens is 1. The summed E-state index contributed by atoms with van der Waals surface area (Å²) in [6.07, 6.45) is 3.06. The van der Waals surface area contributed by atoms with Crippen molar-refractivity contribution in [3.05, 3.63) is 48.3 Å². The van der Waals surface area contributed by atoms with Crippen molar-refractivity contribution in [2.75, 3.05) is 11.9 Å². The van der Waals surface area contributed by atoms with Gasteiger partial charge in [0, 0.05) is 23.5 Å². The molecule has 5 heteroatoms. The first-order valence-corrected chi connectivity index (χ1v) is 6.14. The highest BCUT2D eigenvalue weighted by molar-refractivity contribution is 5.95. The highest BCUT2D eigenvalue weighted by Crippen LogP contribution is 2.21. The van der Waals surface area contributed by atoms with E-state index in [4.69, 9.17) is 10.00 Å². The number of nitrogens with zero attached hydrogens (tertiary/aromatic N) is 2. The number of hydrogen-bond donors (Lipinski definition) is 1. The predicted molar refractivity (Wildman–Crippen MR) is 75.7 cm³/mol. The lowest BCUT2D eigenvalue weighted by Gasteiger charge is -2.06. The Hall–Kier alpha value is -2.87. The Morgan fingerprint density at radius 2 is 2.30 bits per heavy atom. The van der Waals surface area contributed by atoms with E-state index in [1.165, 1.54) is 6.20 Å². The van der Waals surface area contributed by atoms with Crippen molar-refractivity contribution in [3.8, 4) is 6.07 Å². The topological polar surface area (TPSA) is 75.0 Å². The number of nitrogens with one attached hydrogen (secondary N) is 1. The molecular weight excluding hydrogens is 254 g/mol. The van der Waals surface area contributed by atoms with Crippen LogP contribution in [0.15, 0.2) is 48.3 Å². The van der Waals surface area contributed by atoms with Crippen molar-refractivity contribution >= 4 is 22.6 Å².